The Morgan fingerprint density at radius 3 is 2.33 bits per heavy atom. The van der Waals surface area contributed by atoms with Crippen LogP contribution in [0.4, 0.5) is 5.69 Å². The van der Waals surface area contributed by atoms with Crippen LogP contribution in [0.5, 0.6) is 0 Å². The van der Waals surface area contributed by atoms with Crippen molar-refractivity contribution in [3.05, 3.63) is 23.0 Å². The molecule has 21 heavy (non-hydrogen) atoms. The van der Waals surface area contributed by atoms with Gasteiger partial charge in [0.2, 0.25) is 0 Å². The molecule has 4 heteroatoms. The topological polar surface area (TPSA) is 42.1 Å². The molecule has 0 aromatic carbocycles. The standard InChI is InChI=1S/C17H27N3S/c1-11-10-14(15(16(18)21)12(2)19-11)20-8-6-13(7-9-20)17(3,4)5/h10,13H,6-9H2,1-5H3,(H2,18,21). The van der Waals surface area contributed by atoms with Gasteiger partial charge in [-0.1, -0.05) is 33.0 Å². The number of aromatic nitrogens is 1. The van der Waals surface area contributed by atoms with Crippen LogP contribution in [0.1, 0.15) is 50.6 Å². The van der Waals surface area contributed by atoms with E-state index in [2.05, 4.69) is 36.7 Å². The molecule has 1 aliphatic rings. The largest absolute Gasteiger partial charge is 0.389 e. The Hall–Kier alpha value is -1.16. The number of hydrogen-bond donors (Lipinski definition) is 1. The van der Waals surface area contributed by atoms with E-state index in [4.69, 9.17) is 18.0 Å². The molecule has 0 saturated carbocycles. The lowest BCUT2D eigenvalue weighted by Gasteiger charge is -2.40. The van der Waals surface area contributed by atoms with E-state index in [0.29, 0.717) is 10.4 Å². The van der Waals surface area contributed by atoms with Crippen molar-refractivity contribution in [2.45, 2.75) is 47.5 Å². The third-order valence-electron chi connectivity index (χ3n) is 4.61. The first kappa shape index (κ1) is 16.2. The van der Waals surface area contributed by atoms with Gasteiger partial charge in [-0.25, -0.2) is 0 Å². The van der Waals surface area contributed by atoms with Crippen LogP contribution in [0, 0.1) is 25.2 Å². The summed E-state index contributed by atoms with van der Waals surface area (Å²) in [4.78, 5) is 7.39. The van der Waals surface area contributed by atoms with E-state index in [9.17, 15) is 0 Å². The molecule has 0 spiro atoms. The van der Waals surface area contributed by atoms with E-state index in [1.54, 1.807) is 0 Å². The zero-order valence-corrected chi connectivity index (χ0v) is 14.7. The van der Waals surface area contributed by atoms with Gasteiger partial charge >= 0.3 is 0 Å². The zero-order valence-electron chi connectivity index (χ0n) is 13.9. The van der Waals surface area contributed by atoms with Crippen molar-refractivity contribution in [3.63, 3.8) is 0 Å². The van der Waals surface area contributed by atoms with E-state index in [0.717, 1.165) is 36.0 Å². The van der Waals surface area contributed by atoms with Gasteiger partial charge < -0.3 is 10.6 Å². The quantitative estimate of drug-likeness (QED) is 0.848. The van der Waals surface area contributed by atoms with Crippen molar-refractivity contribution in [2.24, 2.45) is 17.1 Å². The molecule has 3 nitrogen and oxygen atoms in total. The number of nitrogens with zero attached hydrogens (tertiary/aromatic N) is 2. The molecule has 0 amide bonds. The molecule has 0 aliphatic carbocycles. The van der Waals surface area contributed by atoms with Gasteiger partial charge in [0.15, 0.2) is 0 Å². The summed E-state index contributed by atoms with van der Waals surface area (Å²) in [5.41, 5.74) is 10.4. The second-order valence-corrected chi connectivity index (χ2v) is 7.67. The van der Waals surface area contributed by atoms with Crippen molar-refractivity contribution in [3.8, 4) is 0 Å². The lowest BCUT2D eigenvalue weighted by Crippen LogP contribution is -2.39. The second-order valence-electron chi connectivity index (χ2n) is 7.23. The molecule has 1 fully saturated rings. The molecule has 0 atom stereocenters. The average molecular weight is 305 g/mol. The van der Waals surface area contributed by atoms with Crippen molar-refractivity contribution in [1.29, 1.82) is 0 Å². The third kappa shape index (κ3) is 3.54. The van der Waals surface area contributed by atoms with E-state index in [-0.39, 0.29) is 0 Å². The maximum Gasteiger partial charge on any atom is 0.107 e. The SMILES string of the molecule is Cc1cc(N2CCC(C(C)(C)C)CC2)c(C(N)=S)c(C)n1. The highest BCUT2D eigenvalue weighted by atomic mass is 32.1. The van der Waals surface area contributed by atoms with E-state index in [1.165, 1.54) is 18.5 Å². The zero-order chi connectivity index (χ0) is 15.8. The predicted molar refractivity (Wildman–Crippen MR) is 94.0 cm³/mol. The second kappa shape index (κ2) is 5.91. The number of aryl methyl sites for hydroxylation is 2. The van der Waals surface area contributed by atoms with Gasteiger partial charge in [-0.2, -0.15) is 0 Å². The molecule has 0 bridgehead atoms. The van der Waals surface area contributed by atoms with Crippen LogP contribution in [0.2, 0.25) is 0 Å². The molecular weight excluding hydrogens is 278 g/mol. The Labute approximate surface area is 133 Å². The first-order chi connectivity index (χ1) is 9.70. The van der Waals surface area contributed by atoms with Gasteiger partial charge in [-0.3, -0.25) is 4.98 Å². The van der Waals surface area contributed by atoms with Crippen molar-refractivity contribution >= 4 is 22.9 Å². The van der Waals surface area contributed by atoms with Gasteiger partial charge in [0.05, 0.1) is 11.3 Å². The van der Waals surface area contributed by atoms with Gasteiger partial charge in [0.25, 0.3) is 0 Å². The number of pyridine rings is 1. The molecule has 116 valence electrons. The summed E-state index contributed by atoms with van der Waals surface area (Å²) in [7, 11) is 0. The van der Waals surface area contributed by atoms with Crippen LogP contribution in [0.25, 0.3) is 0 Å². The van der Waals surface area contributed by atoms with E-state index >= 15 is 0 Å². The molecule has 1 saturated heterocycles. The molecule has 0 unspecified atom stereocenters. The Morgan fingerprint density at radius 2 is 1.86 bits per heavy atom. The number of thiocarbonyl (C=S) groups is 1. The number of anilines is 1. The highest BCUT2D eigenvalue weighted by Gasteiger charge is 2.30. The van der Waals surface area contributed by atoms with Gasteiger partial charge in [0, 0.05) is 24.5 Å². The predicted octanol–water partition coefficient (Wildman–Crippen LogP) is 3.60. The monoisotopic (exact) mass is 305 g/mol. The minimum Gasteiger partial charge on any atom is -0.389 e. The molecular formula is C17H27N3S. The molecule has 2 heterocycles. The lowest BCUT2D eigenvalue weighted by molar-refractivity contribution is 0.199. The molecule has 1 aromatic rings. The number of nitrogens with two attached hydrogens (primary N) is 1. The summed E-state index contributed by atoms with van der Waals surface area (Å²) in [6.07, 6.45) is 2.45. The van der Waals surface area contributed by atoms with Crippen LogP contribution in [0.3, 0.4) is 0 Å². The highest BCUT2D eigenvalue weighted by molar-refractivity contribution is 7.80. The molecule has 2 rings (SSSR count). The van der Waals surface area contributed by atoms with Crippen molar-refractivity contribution < 1.29 is 0 Å². The minimum atomic E-state index is 0.391. The van der Waals surface area contributed by atoms with Gasteiger partial charge in [0.1, 0.15) is 4.99 Å². The Morgan fingerprint density at radius 1 is 1.29 bits per heavy atom. The molecule has 0 radical (unpaired) electrons. The Bertz CT molecular complexity index is 538. The van der Waals surface area contributed by atoms with Crippen LogP contribution in [-0.4, -0.2) is 23.1 Å². The van der Waals surface area contributed by atoms with Gasteiger partial charge in [-0.05, 0) is 44.1 Å². The molecule has 2 N–H and O–H groups in total. The van der Waals surface area contributed by atoms with Crippen LogP contribution >= 0.6 is 12.2 Å². The van der Waals surface area contributed by atoms with Crippen LogP contribution in [-0.2, 0) is 0 Å². The number of piperidine rings is 1. The van der Waals surface area contributed by atoms with Crippen molar-refractivity contribution in [1.82, 2.24) is 4.98 Å². The maximum atomic E-state index is 5.93. The maximum absolute atomic E-state index is 5.93. The minimum absolute atomic E-state index is 0.391. The first-order valence-corrected chi connectivity index (χ1v) is 8.14. The normalized spacial score (nSPS) is 17.1. The Kier molecular flexibility index (Phi) is 4.57. The summed E-state index contributed by atoms with van der Waals surface area (Å²) in [6.45, 7) is 13.2. The number of rotatable bonds is 2. The highest BCUT2D eigenvalue weighted by Crippen LogP contribution is 2.36. The molecule has 1 aromatic heterocycles. The first-order valence-electron chi connectivity index (χ1n) is 7.73. The van der Waals surface area contributed by atoms with E-state index < -0.39 is 0 Å². The van der Waals surface area contributed by atoms with Crippen LogP contribution in [0.15, 0.2) is 6.07 Å². The summed E-state index contributed by atoms with van der Waals surface area (Å²) in [6, 6.07) is 2.12. The lowest BCUT2D eigenvalue weighted by atomic mass is 9.75. The molecule has 1 aliphatic heterocycles. The summed E-state index contributed by atoms with van der Waals surface area (Å²) < 4.78 is 0. The average Bonchev–Trinajstić information content (AvgIpc) is 2.36. The summed E-state index contributed by atoms with van der Waals surface area (Å²) in [5.74, 6) is 0.783. The third-order valence-corrected chi connectivity index (χ3v) is 4.82. The fourth-order valence-corrected chi connectivity index (χ4v) is 3.60. The summed E-state index contributed by atoms with van der Waals surface area (Å²) in [5, 5.41) is 0. The summed E-state index contributed by atoms with van der Waals surface area (Å²) >= 11 is 5.24. The smallest absolute Gasteiger partial charge is 0.107 e. The van der Waals surface area contributed by atoms with Crippen molar-refractivity contribution in [2.75, 3.05) is 18.0 Å². The fraction of sp³-hybridized carbons (Fsp3) is 0.647. The Balaban J connectivity index is 2.26. The fourth-order valence-electron chi connectivity index (χ4n) is 3.35. The van der Waals surface area contributed by atoms with E-state index in [1.807, 2.05) is 13.8 Å². The number of hydrogen-bond acceptors (Lipinski definition) is 3. The van der Waals surface area contributed by atoms with Crippen LogP contribution < -0.4 is 10.6 Å². The van der Waals surface area contributed by atoms with Gasteiger partial charge in [-0.15, -0.1) is 0 Å².